The van der Waals surface area contributed by atoms with Crippen molar-refractivity contribution >= 4 is 29.4 Å². The Morgan fingerprint density at radius 2 is 1.81 bits per heavy atom. The average molecular weight is 315 g/mol. The smallest absolute Gasteiger partial charge is 0.329 e. The maximum atomic E-state index is 11.7. The number of carboxylic acid groups (broad SMARTS) is 1. The molecule has 0 aliphatic rings. The van der Waals surface area contributed by atoms with Crippen molar-refractivity contribution in [3.63, 3.8) is 0 Å². The van der Waals surface area contributed by atoms with Crippen LogP contribution in [0.25, 0.3) is 0 Å². The Kier molecular flexibility index (Phi) is 7.20. The minimum absolute atomic E-state index is 0.0865. The van der Waals surface area contributed by atoms with E-state index in [-0.39, 0.29) is 25.6 Å². The highest BCUT2D eigenvalue weighted by molar-refractivity contribution is 6.30. The third kappa shape index (κ3) is 7.28. The van der Waals surface area contributed by atoms with Crippen LogP contribution in [-0.4, -0.2) is 49.2 Å². The molecule has 0 fully saturated rings. The van der Waals surface area contributed by atoms with E-state index in [1.165, 1.54) is 0 Å². The molecule has 0 aromatic heterocycles. The maximum absolute atomic E-state index is 11.7. The molecule has 1 rings (SSSR count). The molecule has 7 nitrogen and oxygen atoms in total. The summed E-state index contributed by atoms with van der Waals surface area (Å²) in [6.45, 7) is -0.338. The van der Waals surface area contributed by atoms with Crippen molar-refractivity contribution in [2.24, 2.45) is 0 Å². The highest BCUT2D eigenvalue weighted by Gasteiger charge is 2.07. The molecule has 0 saturated carbocycles. The molecule has 114 valence electrons. The normalized spacial score (nSPS) is 9.95. The number of carboxylic acids is 1. The summed E-state index contributed by atoms with van der Waals surface area (Å²) in [5.74, 6) is -1.85. The predicted octanol–water partition coefficient (Wildman–Crippen LogP) is 0.287. The lowest BCUT2D eigenvalue weighted by atomic mass is 10.2. The number of ether oxygens (including phenoxy) is 1. The van der Waals surface area contributed by atoms with Gasteiger partial charge in [-0.05, 0) is 24.3 Å². The molecule has 3 N–H and O–H groups in total. The fourth-order valence-corrected chi connectivity index (χ4v) is 1.47. The lowest BCUT2D eigenvalue weighted by Gasteiger charge is -2.07. The van der Waals surface area contributed by atoms with E-state index in [0.717, 1.165) is 0 Å². The molecular weight excluding hydrogens is 300 g/mol. The lowest BCUT2D eigenvalue weighted by Crippen LogP contribution is -2.38. The number of hydrogen-bond donors (Lipinski definition) is 3. The van der Waals surface area contributed by atoms with Gasteiger partial charge in [0.25, 0.3) is 5.91 Å². The number of aliphatic carboxylic acids is 1. The van der Waals surface area contributed by atoms with Gasteiger partial charge in [0.2, 0.25) is 5.91 Å². The van der Waals surface area contributed by atoms with E-state index in [1.807, 2.05) is 0 Å². The SMILES string of the molecule is O=C(O)COCCNC(=O)CNC(=O)c1ccc(Cl)cc1. The number of carbonyl (C=O) groups is 3. The molecule has 0 heterocycles. The number of hydrogen-bond acceptors (Lipinski definition) is 4. The van der Waals surface area contributed by atoms with Crippen molar-refractivity contribution in [2.75, 3.05) is 26.3 Å². The zero-order valence-corrected chi connectivity index (χ0v) is 11.9. The van der Waals surface area contributed by atoms with Gasteiger partial charge < -0.3 is 20.5 Å². The molecule has 2 amide bonds. The van der Waals surface area contributed by atoms with Gasteiger partial charge in [0.05, 0.1) is 13.2 Å². The fraction of sp³-hybridized carbons (Fsp3) is 0.308. The highest BCUT2D eigenvalue weighted by atomic mass is 35.5. The minimum Gasteiger partial charge on any atom is -0.480 e. The van der Waals surface area contributed by atoms with Crippen LogP contribution in [0.3, 0.4) is 0 Å². The monoisotopic (exact) mass is 314 g/mol. The number of carbonyl (C=O) groups excluding carboxylic acids is 2. The molecule has 1 aromatic carbocycles. The summed E-state index contributed by atoms with van der Waals surface area (Å²) in [7, 11) is 0. The standard InChI is InChI=1S/C13H15ClN2O5/c14-10-3-1-9(2-4-10)13(20)16-7-11(17)15-5-6-21-8-12(18)19/h1-4H,5-8H2,(H,15,17)(H,16,20)(H,18,19). The summed E-state index contributed by atoms with van der Waals surface area (Å²) in [6, 6.07) is 6.26. The Balaban J connectivity index is 2.19. The minimum atomic E-state index is -1.07. The van der Waals surface area contributed by atoms with E-state index in [4.69, 9.17) is 21.4 Å². The third-order valence-electron chi connectivity index (χ3n) is 2.31. The molecule has 0 radical (unpaired) electrons. The molecule has 0 unspecified atom stereocenters. The molecule has 21 heavy (non-hydrogen) atoms. The van der Waals surface area contributed by atoms with Crippen LogP contribution in [-0.2, 0) is 14.3 Å². The van der Waals surface area contributed by atoms with Crippen LogP contribution in [0.4, 0.5) is 0 Å². The first-order valence-corrected chi connectivity index (χ1v) is 6.47. The van der Waals surface area contributed by atoms with E-state index in [0.29, 0.717) is 10.6 Å². The highest BCUT2D eigenvalue weighted by Crippen LogP contribution is 2.09. The Bertz CT molecular complexity index is 504. The van der Waals surface area contributed by atoms with Gasteiger partial charge in [0, 0.05) is 17.1 Å². The Hall–Kier alpha value is -2.12. The molecule has 1 aromatic rings. The summed E-state index contributed by atoms with van der Waals surface area (Å²) >= 11 is 5.70. The van der Waals surface area contributed by atoms with E-state index in [1.54, 1.807) is 24.3 Å². The second-order valence-electron chi connectivity index (χ2n) is 3.99. The second kappa shape index (κ2) is 8.93. The Morgan fingerprint density at radius 3 is 2.43 bits per heavy atom. The van der Waals surface area contributed by atoms with Crippen molar-refractivity contribution in [1.29, 1.82) is 0 Å². The van der Waals surface area contributed by atoms with Gasteiger partial charge in [-0.25, -0.2) is 4.79 Å². The quantitative estimate of drug-likeness (QED) is 0.598. The van der Waals surface area contributed by atoms with E-state index in [2.05, 4.69) is 10.6 Å². The molecular formula is C13H15ClN2O5. The van der Waals surface area contributed by atoms with Crippen molar-refractivity contribution < 1.29 is 24.2 Å². The van der Waals surface area contributed by atoms with Crippen LogP contribution in [0, 0.1) is 0 Å². The van der Waals surface area contributed by atoms with Crippen LogP contribution in [0.2, 0.25) is 5.02 Å². The van der Waals surface area contributed by atoms with Crippen molar-refractivity contribution in [3.8, 4) is 0 Å². The molecule has 0 bridgehead atoms. The van der Waals surface area contributed by atoms with E-state index >= 15 is 0 Å². The van der Waals surface area contributed by atoms with Gasteiger partial charge in [-0.2, -0.15) is 0 Å². The number of nitrogens with one attached hydrogen (secondary N) is 2. The van der Waals surface area contributed by atoms with Crippen molar-refractivity contribution in [2.45, 2.75) is 0 Å². The predicted molar refractivity (Wildman–Crippen MR) is 75.2 cm³/mol. The van der Waals surface area contributed by atoms with Gasteiger partial charge in [0.1, 0.15) is 6.61 Å². The lowest BCUT2D eigenvalue weighted by molar-refractivity contribution is -0.142. The van der Waals surface area contributed by atoms with Crippen LogP contribution in [0.5, 0.6) is 0 Å². The summed E-state index contributed by atoms with van der Waals surface area (Å²) < 4.78 is 4.74. The van der Waals surface area contributed by atoms with Gasteiger partial charge in [-0.1, -0.05) is 11.6 Å². The molecule has 0 spiro atoms. The van der Waals surface area contributed by atoms with Gasteiger partial charge >= 0.3 is 5.97 Å². The summed E-state index contributed by atoms with van der Waals surface area (Å²) in [5, 5.41) is 13.8. The fourth-order valence-electron chi connectivity index (χ4n) is 1.35. The molecule has 0 aliphatic carbocycles. The Labute approximate surface area is 126 Å². The first kappa shape index (κ1) is 16.9. The maximum Gasteiger partial charge on any atom is 0.329 e. The van der Waals surface area contributed by atoms with Crippen LogP contribution in [0.15, 0.2) is 24.3 Å². The summed E-state index contributed by atoms with van der Waals surface area (Å²) in [5.41, 5.74) is 0.400. The van der Waals surface area contributed by atoms with Crippen molar-refractivity contribution in [3.05, 3.63) is 34.9 Å². The van der Waals surface area contributed by atoms with Gasteiger partial charge in [0.15, 0.2) is 0 Å². The zero-order chi connectivity index (χ0) is 15.7. The van der Waals surface area contributed by atoms with E-state index in [9.17, 15) is 14.4 Å². The number of amides is 2. The number of halogens is 1. The molecule has 0 atom stereocenters. The summed E-state index contributed by atoms with van der Waals surface area (Å²) in [6.07, 6.45) is 0. The number of rotatable bonds is 8. The zero-order valence-electron chi connectivity index (χ0n) is 11.1. The number of benzene rings is 1. The molecule has 0 saturated heterocycles. The van der Waals surface area contributed by atoms with Gasteiger partial charge in [-0.3, -0.25) is 9.59 Å². The van der Waals surface area contributed by atoms with Crippen LogP contribution >= 0.6 is 11.6 Å². The van der Waals surface area contributed by atoms with Crippen LogP contribution in [0.1, 0.15) is 10.4 Å². The van der Waals surface area contributed by atoms with E-state index < -0.39 is 18.5 Å². The largest absolute Gasteiger partial charge is 0.480 e. The third-order valence-corrected chi connectivity index (χ3v) is 2.56. The van der Waals surface area contributed by atoms with Gasteiger partial charge in [-0.15, -0.1) is 0 Å². The first-order valence-electron chi connectivity index (χ1n) is 6.09. The Morgan fingerprint density at radius 1 is 1.14 bits per heavy atom. The second-order valence-corrected chi connectivity index (χ2v) is 4.42. The summed E-state index contributed by atoms with van der Waals surface area (Å²) in [4.78, 5) is 33.3. The first-order chi connectivity index (χ1) is 9.99. The van der Waals surface area contributed by atoms with Crippen LogP contribution < -0.4 is 10.6 Å². The topological polar surface area (TPSA) is 105 Å². The molecule has 8 heteroatoms. The van der Waals surface area contributed by atoms with Crippen molar-refractivity contribution in [1.82, 2.24) is 10.6 Å². The average Bonchev–Trinajstić information content (AvgIpc) is 2.44. The molecule has 0 aliphatic heterocycles.